The van der Waals surface area contributed by atoms with Gasteiger partial charge in [-0.3, -0.25) is 9.59 Å². The van der Waals surface area contributed by atoms with Crippen molar-refractivity contribution in [3.63, 3.8) is 0 Å². The third kappa shape index (κ3) is 5.45. The fraction of sp³-hybridized carbons (Fsp3) is 0.192. The second-order valence-corrected chi connectivity index (χ2v) is 7.06. The number of hydrogen-bond donors (Lipinski definition) is 1. The summed E-state index contributed by atoms with van der Waals surface area (Å²) in [5.74, 6) is -1.13. The Morgan fingerprint density at radius 3 is 1.84 bits per heavy atom. The van der Waals surface area contributed by atoms with Gasteiger partial charge in [-0.05, 0) is 36.1 Å². The van der Waals surface area contributed by atoms with Gasteiger partial charge in [-0.2, -0.15) is 0 Å². The molecule has 3 aromatic rings. The Balaban J connectivity index is 1.60. The Kier molecular flexibility index (Phi) is 7.33. The predicted octanol–water partition coefficient (Wildman–Crippen LogP) is 4.84. The molecule has 0 fully saturated rings. The van der Waals surface area contributed by atoms with E-state index in [2.05, 4.69) is 5.32 Å². The quantitative estimate of drug-likeness (QED) is 0.422. The molecule has 1 N–H and O–H groups in total. The number of ether oxygens (including phenoxy) is 1. The normalized spacial score (nSPS) is 10.4. The summed E-state index contributed by atoms with van der Waals surface area (Å²) >= 11 is 0. The van der Waals surface area contributed by atoms with Crippen molar-refractivity contribution in [2.75, 3.05) is 11.9 Å². The molecule has 0 atom stereocenters. The van der Waals surface area contributed by atoms with Crippen molar-refractivity contribution < 1.29 is 19.1 Å². The van der Waals surface area contributed by atoms with Crippen LogP contribution in [0.15, 0.2) is 72.8 Å². The lowest BCUT2D eigenvalue weighted by molar-refractivity contribution is -0.119. The molecule has 31 heavy (non-hydrogen) atoms. The van der Waals surface area contributed by atoms with Crippen molar-refractivity contribution in [1.82, 2.24) is 0 Å². The second kappa shape index (κ2) is 10.3. The molecule has 158 valence electrons. The zero-order valence-corrected chi connectivity index (χ0v) is 17.7. The van der Waals surface area contributed by atoms with Crippen molar-refractivity contribution >= 4 is 23.3 Å². The summed E-state index contributed by atoms with van der Waals surface area (Å²) in [5, 5.41) is 2.87. The topological polar surface area (TPSA) is 72.5 Å². The first-order valence-corrected chi connectivity index (χ1v) is 10.3. The molecule has 0 heterocycles. The van der Waals surface area contributed by atoms with Crippen LogP contribution in [0.4, 0.5) is 5.69 Å². The van der Waals surface area contributed by atoms with Crippen LogP contribution in [0.1, 0.15) is 51.3 Å². The Hall–Kier alpha value is -3.73. The molecule has 0 saturated heterocycles. The van der Waals surface area contributed by atoms with Gasteiger partial charge in [-0.15, -0.1) is 0 Å². The standard InChI is InChI=1S/C26H25NO4/c1-3-18-11-8-12-19(4-2)24(18)27-23(28)17-31-26(30)22-15-13-21(14-16-22)25(29)20-9-6-5-7-10-20/h5-16H,3-4,17H2,1-2H3,(H,27,28). The molecule has 0 aliphatic heterocycles. The van der Waals surface area contributed by atoms with Gasteiger partial charge in [-0.25, -0.2) is 4.79 Å². The molecule has 0 aliphatic rings. The number of carbonyl (C=O) groups is 3. The highest BCUT2D eigenvalue weighted by Gasteiger charge is 2.15. The smallest absolute Gasteiger partial charge is 0.338 e. The van der Waals surface area contributed by atoms with Crippen LogP contribution in [-0.2, 0) is 22.4 Å². The molecule has 3 aromatic carbocycles. The zero-order chi connectivity index (χ0) is 22.2. The fourth-order valence-electron chi connectivity index (χ4n) is 3.31. The first-order chi connectivity index (χ1) is 15.0. The SMILES string of the molecule is CCc1cccc(CC)c1NC(=O)COC(=O)c1ccc(C(=O)c2ccccc2)cc1. The summed E-state index contributed by atoms with van der Waals surface area (Å²) in [5.41, 5.74) is 4.20. The maximum Gasteiger partial charge on any atom is 0.338 e. The lowest BCUT2D eigenvalue weighted by Crippen LogP contribution is -2.22. The van der Waals surface area contributed by atoms with Crippen LogP contribution >= 0.6 is 0 Å². The van der Waals surface area contributed by atoms with E-state index in [4.69, 9.17) is 4.74 Å². The summed E-state index contributed by atoms with van der Waals surface area (Å²) in [6.45, 7) is 3.66. The van der Waals surface area contributed by atoms with Gasteiger partial charge in [0.2, 0.25) is 0 Å². The molecule has 0 spiro atoms. The van der Waals surface area contributed by atoms with Crippen molar-refractivity contribution in [3.8, 4) is 0 Å². The molecule has 0 bridgehead atoms. The number of anilines is 1. The highest BCUT2D eigenvalue weighted by molar-refractivity contribution is 6.09. The van der Waals surface area contributed by atoms with Gasteiger partial charge in [0.15, 0.2) is 12.4 Å². The average molecular weight is 415 g/mol. The van der Waals surface area contributed by atoms with E-state index >= 15 is 0 Å². The molecule has 5 nitrogen and oxygen atoms in total. The summed E-state index contributed by atoms with van der Waals surface area (Å²) in [7, 11) is 0. The van der Waals surface area contributed by atoms with E-state index in [0.717, 1.165) is 29.7 Å². The second-order valence-electron chi connectivity index (χ2n) is 7.06. The van der Waals surface area contributed by atoms with E-state index in [-0.39, 0.29) is 23.9 Å². The van der Waals surface area contributed by atoms with Crippen LogP contribution in [-0.4, -0.2) is 24.3 Å². The number of benzene rings is 3. The molecule has 5 heteroatoms. The van der Waals surface area contributed by atoms with Gasteiger partial charge in [0, 0.05) is 16.8 Å². The van der Waals surface area contributed by atoms with E-state index in [1.165, 1.54) is 12.1 Å². The number of carbonyl (C=O) groups excluding carboxylic acids is 3. The maximum atomic E-state index is 12.5. The summed E-state index contributed by atoms with van der Waals surface area (Å²) in [6, 6.07) is 21.0. The minimum atomic E-state index is -0.617. The highest BCUT2D eigenvalue weighted by Crippen LogP contribution is 2.22. The van der Waals surface area contributed by atoms with Gasteiger partial charge >= 0.3 is 5.97 Å². The van der Waals surface area contributed by atoms with E-state index in [1.807, 2.05) is 38.1 Å². The minimum Gasteiger partial charge on any atom is -0.452 e. The molecular weight excluding hydrogens is 390 g/mol. The molecule has 0 aliphatic carbocycles. The Bertz CT molecular complexity index is 1050. The fourth-order valence-corrected chi connectivity index (χ4v) is 3.31. The van der Waals surface area contributed by atoms with Crippen LogP contribution in [0.25, 0.3) is 0 Å². The lowest BCUT2D eigenvalue weighted by atomic mass is 10.0. The molecule has 0 radical (unpaired) electrons. The first kappa shape index (κ1) is 22.0. The molecule has 3 rings (SSSR count). The third-order valence-electron chi connectivity index (χ3n) is 5.02. The molecule has 0 unspecified atom stereocenters. The number of para-hydroxylation sites is 1. The number of hydrogen-bond acceptors (Lipinski definition) is 4. The number of esters is 1. The Morgan fingerprint density at radius 1 is 0.710 bits per heavy atom. The molecule has 0 saturated carbocycles. The Labute approximate surface area is 182 Å². The highest BCUT2D eigenvalue weighted by atomic mass is 16.5. The van der Waals surface area contributed by atoms with Gasteiger partial charge < -0.3 is 10.1 Å². The van der Waals surface area contributed by atoms with Gasteiger partial charge in [0.05, 0.1) is 5.56 Å². The van der Waals surface area contributed by atoms with Crippen LogP contribution in [0.3, 0.4) is 0 Å². The zero-order valence-electron chi connectivity index (χ0n) is 17.7. The largest absolute Gasteiger partial charge is 0.452 e. The molecule has 0 aromatic heterocycles. The lowest BCUT2D eigenvalue weighted by Gasteiger charge is -2.14. The summed E-state index contributed by atoms with van der Waals surface area (Å²) in [6.07, 6.45) is 1.58. The van der Waals surface area contributed by atoms with Gasteiger partial charge in [0.25, 0.3) is 5.91 Å². The van der Waals surface area contributed by atoms with Crippen LogP contribution in [0.5, 0.6) is 0 Å². The Morgan fingerprint density at radius 2 is 1.26 bits per heavy atom. The number of nitrogens with one attached hydrogen (secondary N) is 1. The van der Waals surface area contributed by atoms with Crippen molar-refractivity contribution in [2.24, 2.45) is 0 Å². The van der Waals surface area contributed by atoms with Crippen molar-refractivity contribution in [3.05, 3.63) is 101 Å². The van der Waals surface area contributed by atoms with Crippen LogP contribution in [0, 0.1) is 0 Å². The van der Waals surface area contributed by atoms with Crippen molar-refractivity contribution in [2.45, 2.75) is 26.7 Å². The predicted molar refractivity (Wildman–Crippen MR) is 120 cm³/mol. The van der Waals surface area contributed by atoms with Crippen LogP contribution < -0.4 is 5.32 Å². The monoisotopic (exact) mass is 415 g/mol. The summed E-state index contributed by atoms with van der Waals surface area (Å²) in [4.78, 5) is 37.1. The van der Waals surface area contributed by atoms with E-state index in [1.54, 1.807) is 36.4 Å². The number of ketones is 1. The maximum absolute atomic E-state index is 12.5. The minimum absolute atomic E-state index is 0.124. The van der Waals surface area contributed by atoms with E-state index in [0.29, 0.717) is 11.1 Å². The van der Waals surface area contributed by atoms with Gasteiger partial charge in [-0.1, -0.05) is 74.5 Å². The number of amides is 1. The number of rotatable bonds is 8. The van der Waals surface area contributed by atoms with E-state index in [9.17, 15) is 14.4 Å². The van der Waals surface area contributed by atoms with Crippen molar-refractivity contribution in [1.29, 1.82) is 0 Å². The average Bonchev–Trinajstić information content (AvgIpc) is 2.82. The molecular formula is C26H25NO4. The van der Waals surface area contributed by atoms with E-state index < -0.39 is 5.97 Å². The number of aryl methyl sites for hydroxylation is 2. The molecule has 1 amide bonds. The first-order valence-electron chi connectivity index (χ1n) is 10.3. The summed E-state index contributed by atoms with van der Waals surface area (Å²) < 4.78 is 5.16. The van der Waals surface area contributed by atoms with Crippen LogP contribution in [0.2, 0.25) is 0 Å². The van der Waals surface area contributed by atoms with Gasteiger partial charge in [0.1, 0.15) is 0 Å². The third-order valence-corrected chi connectivity index (χ3v) is 5.02.